The topological polar surface area (TPSA) is 61.9 Å². The molecule has 3 aromatic rings. The second-order valence-corrected chi connectivity index (χ2v) is 8.09. The second-order valence-electron chi connectivity index (χ2n) is 6.13. The first-order valence-electron chi connectivity index (χ1n) is 8.05. The minimum atomic E-state index is -0.00254. The molecule has 0 saturated heterocycles. The molecule has 5 nitrogen and oxygen atoms in total. The summed E-state index contributed by atoms with van der Waals surface area (Å²) < 4.78 is 0. The van der Waals surface area contributed by atoms with E-state index in [1.54, 1.807) is 23.1 Å². The van der Waals surface area contributed by atoms with Crippen LogP contribution in [0.5, 0.6) is 0 Å². The number of thioether (sulfide) groups is 1. The average Bonchev–Trinajstić information content (AvgIpc) is 3.27. The Bertz CT molecular complexity index is 919. The van der Waals surface area contributed by atoms with E-state index in [1.165, 1.54) is 5.56 Å². The van der Waals surface area contributed by atoms with E-state index in [4.69, 9.17) is 0 Å². The van der Waals surface area contributed by atoms with Crippen LogP contribution in [0.25, 0.3) is 11.4 Å². The van der Waals surface area contributed by atoms with E-state index in [1.807, 2.05) is 23.7 Å². The van der Waals surface area contributed by atoms with Gasteiger partial charge >= 0.3 is 0 Å². The summed E-state index contributed by atoms with van der Waals surface area (Å²) in [4.78, 5) is 26.3. The predicted molar refractivity (Wildman–Crippen MR) is 103 cm³/mol. The van der Waals surface area contributed by atoms with Gasteiger partial charge in [-0.25, -0.2) is 9.97 Å². The van der Waals surface area contributed by atoms with Gasteiger partial charge in [-0.3, -0.25) is 9.69 Å². The summed E-state index contributed by atoms with van der Waals surface area (Å²) in [5.74, 6) is 2.25. The van der Waals surface area contributed by atoms with Crippen molar-refractivity contribution in [3.05, 3.63) is 68.0 Å². The van der Waals surface area contributed by atoms with Crippen molar-refractivity contribution < 1.29 is 0 Å². The van der Waals surface area contributed by atoms with Crippen LogP contribution in [0.3, 0.4) is 0 Å². The summed E-state index contributed by atoms with van der Waals surface area (Å²) in [6, 6.07) is 8.24. The largest absolute Gasteiger partial charge is 0.306 e. The summed E-state index contributed by atoms with van der Waals surface area (Å²) in [6.07, 6.45) is 1.84. The number of aromatic nitrogens is 3. The van der Waals surface area contributed by atoms with Gasteiger partial charge in [0.05, 0.1) is 12.2 Å². The van der Waals surface area contributed by atoms with Crippen molar-refractivity contribution in [1.29, 1.82) is 0 Å². The van der Waals surface area contributed by atoms with Crippen molar-refractivity contribution in [2.75, 3.05) is 7.05 Å². The molecule has 1 aliphatic heterocycles. The van der Waals surface area contributed by atoms with Gasteiger partial charge in [0.1, 0.15) is 10.8 Å². The molecule has 4 rings (SSSR count). The SMILES string of the molecule is CN(Cc1ccc(-c2nc3c(c(=O)[nH]2)CSC3)cc1)Cc1nccs1. The fourth-order valence-corrected chi connectivity index (χ4v) is 4.63. The molecule has 0 spiro atoms. The lowest BCUT2D eigenvalue weighted by Gasteiger charge is -2.15. The highest BCUT2D eigenvalue weighted by molar-refractivity contribution is 7.98. The van der Waals surface area contributed by atoms with Crippen molar-refractivity contribution >= 4 is 23.1 Å². The molecule has 0 aliphatic carbocycles. The summed E-state index contributed by atoms with van der Waals surface area (Å²) in [5, 5.41) is 3.12. The highest BCUT2D eigenvalue weighted by Crippen LogP contribution is 2.27. The zero-order valence-corrected chi connectivity index (χ0v) is 15.5. The molecule has 0 fully saturated rings. The van der Waals surface area contributed by atoms with Crippen LogP contribution in [0.4, 0.5) is 0 Å². The number of hydrogen-bond acceptors (Lipinski definition) is 6. The Kier molecular flexibility index (Phi) is 4.70. The molecular formula is C18H18N4OS2. The number of H-pyrrole nitrogens is 1. The lowest BCUT2D eigenvalue weighted by atomic mass is 10.1. The second kappa shape index (κ2) is 7.11. The first kappa shape index (κ1) is 16.5. The van der Waals surface area contributed by atoms with E-state index in [9.17, 15) is 4.79 Å². The summed E-state index contributed by atoms with van der Waals surface area (Å²) in [6.45, 7) is 1.70. The van der Waals surface area contributed by atoms with Gasteiger partial charge < -0.3 is 4.98 Å². The first-order chi connectivity index (χ1) is 12.2. The van der Waals surface area contributed by atoms with Crippen LogP contribution >= 0.6 is 23.1 Å². The Labute approximate surface area is 154 Å². The monoisotopic (exact) mass is 370 g/mol. The third-order valence-electron chi connectivity index (χ3n) is 4.15. The van der Waals surface area contributed by atoms with Crippen LogP contribution < -0.4 is 5.56 Å². The van der Waals surface area contributed by atoms with Gasteiger partial charge in [-0.2, -0.15) is 11.8 Å². The lowest BCUT2D eigenvalue weighted by Crippen LogP contribution is -2.17. The van der Waals surface area contributed by atoms with E-state index >= 15 is 0 Å². The Hall–Kier alpha value is -1.96. The molecule has 1 aromatic carbocycles. The maximum Gasteiger partial charge on any atom is 0.255 e. The molecule has 1 aliphatic rings. The maximum atomic E-state index is 12.1. The number of thiazole rings is 1. The molecule has 128 valence electrons. The normalized spacial score (nSPS) is 13.4. The molecule has 25 heavy (non-hydrogen) atoms. The van der Waals surface area contributed by atoms with Crippen LogP contribution in [-0.4, -0.2) is 26.9 Å². The van der Waals surface area contributed by atoms with Gasteiger partial charge in [0.2, 0.25) is 0 Å². The Morgan fingerprint density at radius 1 is 1.20 bits per heavy atom. The van der Waals surface area contributed by atoms with Crippen LogP contribution in [0.1, 0.15) is 21.8 Å². The van der Waals surface area contributed by atoms with Crippen molar-refractivity contribution in [1.82, 2.24) is 19.9 Å². The smallest absolute Gasteiger partial charge is 0.255 e. The van der Waals surface area contributed by atoms with Gasteiger partial charge in [-0.1, -0.05) is 24.3 Å². The van der Waals surface area contributed by atoms with Crippen molar-refractivity contribution in [2.24, 2.45) is 0 Å². The fraction of sp³-hybridized carbons (Fsp3) is 0.278. The van der Waals surface area contributed by atoms with E-state index in [0.717, 1.165) is 46.4 Å². The molecule has 0 unspecified atom stereocenters. The van der Waals surface area contributed by atoms with Crippen LogP contribution in [0.2, 0.25) is 0 Å². The van der Waals surface area contributed by atoms with E-state index in [-0.39, 0.29) is 5.56 Å². The number of hydrogen-bond donors (Lipinski definition) is 1. The van der Waals surface area contributed by atoms with Crippen molar-refractivity contribution in [3.63, 3.8) is 0 Å². The van der Waals surface area contributed by atoms with Gasteiger partial charge in [-0.15, -0.1) is 11.3 Å². The Morgan fingerprint density at radius 3 is 2.80 bits per heavy atom. The molecule has 1 N–H and O–H groups in total. The van der Waals surface area contributed by atoms with Gasteiger partial charge in [-0.05, 0) is 12.6 Å². The number of aromatic amines is 1. The van der Waals surface area contributed by atoms with E-state index in [0.29, 0.717) is 5.82 Å². The maximum absolute atomic E-state index is 12.1. The minimum Gasteiger partial charge on any atom is -0.306 e. The molecule has 2 aromatic heterocycles. The molecule has 3 heterocycles. The number of fused-ring (bicyclic) bond motifs is 1. The van der Waals surface area contributed by atoms with Crippen molar-refractivity contribution in [3.8, 4) is 11.4 Å². The van der Waals surface area contributed by atoms with Gasteiger partial charge in [0, 0.05) is 40.8 Å². The summed E-state index contributed by atoms with van der Waals surface area (Å²) in [7, 11) is 2.09. The van der Waals surface area contributed by atoms with Gasteiger partial charge in [0.15, 0.2) is 0 Å². The number of nitrogens with one attached hydrogen (secondary N) is 1. The van der Waals surface area contributed by atoms with Crippen molar-refractivity contribution in [2.45, 2.75) is 24.6 Å². The average molecular weight is 371 g/mol. The molecule has 0 amide bonds. The zero-order chi connectivity index (χ0) is 17.2. The fourth-order valence-electron chi connectivity index (χ4n) is 2.90. The lowest BCUT2D eigenvalue weighted by molar-refractivity contribution is 0.318. The highest BCUT2D eigenvalue weighted by atomic mass is 32.2. The minimum absolute atomic E-state index is 0.00254. The number of rotatable bonds is 5. The van der Waals surface area contributed by atoms with E-state index < -0.39 is 0 Å². The molecular weight excluding hydrogens is 352 g/mol. The molecule has 0 radical (unpaired) electrons. The number of nitrogens with zero attached hydrogens (tertiary/aromatic N) is 3. The molecule has 0 bridgehead atoms. The zero-order valence-electron chi connectivity index (χ0n) is 13.9. The molecule has 0 atom stereocenters. The third kappa shape index (κ3) is 3.68. The summed E-state index contributed by atoms with van der Waals surface area (Å²) in [5.41, 5.74) is 3.92. The first-order valence-corrected chi connectivity index (χ1v) is 10.1. The van der Waals surface area contributed by atoms with E-state index in [2.05, 4.69) is 39.0 Å². The Balaban J connectivity index is 1.49. The Morgan fingerprint density at radius 2 is 2.04 bits per heavy atom. The van der Waals surface area contributed by atoms with Crippen LogP contribution in [-0.2, 0) is 24.6 Å². The standard InChI is InChI=1S/C18H18N4OS2/c1-22(9-16-19-6-7-25-16)8-12-2-4-13(5-3-12)17-20-15-11-24-10-14(15)18(23)21-17/h2-7H,8-11H2,1H3,(H,20,21,23). The predicted octanol–water partition coefficient (Wildman–Crippen LogP) is 3.27. The summed E-state index contributed by atoms with van der Waals surface area (Å²) >= 11 is 3.42. The highest BCUT2D eigenvalue weighted by Gasteiger charge is 2.18. The van der Waals surface area contributed by atoms with Gasteiger partial charge in [0.25, 0.3) is 5.56 Å². The van der Waals surface area contributed by atoms with Crippen LogP contribution in [0, 0.1) is 0 Å². The molecule has 7 heteroatoms. The quantitative estimate of drug-likeness (QED) is 0.747. The third-order valence-corrected chi connectivity index (χ3v) is 5.89. The number of benzene rings is 1. The van der Waals surface area contributed by atoms with Crippen LogP contribution in [0.15, 0.2) is 40.6 Å². The molecule has 0 saturated carbocycles.